The summed E-state index contributed by atoms with van der Waals surface area (Å²) in [6.07, 6.45) is 1.56. The summed E-state index contributed by atoms with van der Waals surface area (Å²) in [7, 11) is 1.42. The van der Waals surface area contributed by atoms with Crippen molar-refractivity contribution in [3.63, 3.8) is 0 Å². The van der Waals surface area contributed by atoms with Gasteiger partial charge in [-0.15, -0.1) is 0 Å². The van der Waals surface area contributed by atoms with E-state index in [0.717, 1.165) is 16.7 Å². The van der Waals surface area contributed by atoms with Crippen LogP contribution in [0.1, 0.15) is 16.7 Å². The maximum Gasteiger partial charge on any atom is 0.293 e. The molecule has 2 aromatic rings. The first kappa shape index (κ1) is 19.0. The second-order valence-corrected chi connectivity index (χ2v) is 7.43. The van der Waals surface area contributed by atoms with Gasteiger partial charge < -0.3 is 9.84 Å². The minimum absolute atomic E-state index is 0.0335. The Morgan fingerprint density at radius 2 is 2.07 bits per heavy atom. The standard InChI is InChI=1S/C19H13BrN2O4S/c1-26-16-6-13(14(20)8-15(16)23)7-17-18(24)22(19(25)27-17)10-12-5-3-2-4-11(12)9-21/h2-8,23H,10H2,1H3. The lowest BCUT2D eigenvalue weighted by Crippen LogP contribution is -2.27. The number of methoxy groups -OCH3 is 1. The fourth-order valence-corrected chi connectivity index (χ4v) is 3.82. The Morgan fingerprint density at radius 1 is 1.33 bits per heavy atom. The van der Waals surface area contributed by atoms with Crippen LogP contribution < -0.4 is 4.74 Å². The number of carbonyl (C=O) groups excluding carboxylic acids is 2. The number of ether oxygens (including phenoxy) is 1. The molecule has 8 heteroatoms. The van der Waals surface area contributed by atoms with E-state index in [1.54, 1.807) is 36.4 Å². The number of hydrogen-bond donors (Lipinski definition) is 1. The summed E-state index contributed by atoms with van der Waals surface area (Å²) >= 11 is 4.15. The molecule has 0 aromatic heterocycles. The van der Waals surface area contributed by atoms with E-state index in [0.29, 0.717) is 21.2 Å². The Labute approximate surface area is 168 Å². The lowest BCUT2D eigenvalue weighted by atomic mass is 10.1. The highest BCUT2D eigenvalue weighted by atomic mass is 79.9. The number of imide groups is 1. The third-order valence-corrected chi connectivity index (χ3v) is 5.52. The van der Waals surface area contributed by atoms with Crippen molar-refractivity contribution in [2.75, 3.05) is 7.11 Å². The van der Waals surface area contributed by atoms with Crippen LogP contribution in [0.4, 0.5) is 4.79 Å². The van der Waals surface area contributed by atoms with Gasteiger partial charge in [0.25, 0.3) is 11.1 Å². The molecular formula is C19H13BrN2O4S. The molecule has 3 rings (SSSR count). The van der Waals surface area contributed by atoms with E-state index in [1.807, 2.05) is 0 Å². The first-order valence-corrected chi connectivity index (χ1v) is 9.35. The molecular weight excluding hydrogens is 432 g/mol. The number of nitriles is 1. The zero-order chi connectivity index (χ0) is 19.6. The molecule has 0 atom stereocenters. The summed E-state index contributed by atoms with van der Waals surface area (Å²) in [6, 6.07) is 11.9. The van der Waals surface area contributed by atoms with Gasteiger partial charge in [0.15, 0.2) is 11.5 Å². The number of hydrogen-bond acceptors (Lipinski definition) is 6. The number of benzene rings is 2. The molecule has 2 aromatic carbocycles. The van der Waals surface area contributed by atoms with Crippen molar-refractivity contribution in [3.8, 4) is 17.6 Å². The molecule has 1 aliphatic heterocycles. The van der Waals surface area contributed by atoms with Crippen LogP contribution in [0.25, 0.3) is 6.08 Å². The van der Waals surface area contributed by atoms with Crippen LogP contribution in [0.5, 0.6) is 11.5 Å². The van der Waals surface area contributed by atoms with Gasteiger partial charge in [0.1, 0.15) is 0 Å². The maximum atomic E-state index is 12.7. The van der Waals surface area contributed by atoms with E-state index >= 15 is 0 Å². The third-order valence-electron chi connectivity index (χ3n) is 3.92. The van der Waals surface area contributed by atoms with Gasteiger partial charge in [-0.25, -0.2) is 0 Å². The second kappa shape index (κ2) is 7.86. The smallest absolute Gasteiger partial charge is 0.293 e. The molecule has 1 N–H and O–H groups in total. The number of phenols is 1. The van der Waals surface area contributed by atoms with E-state index in [-0.39, 0.29) is 22.9 Å². The van der Waals surface area contributed by atoms with Crippen molar-refractivity contribution in [2.45, 2.75) is 6.54 Å². The van der Waals surface area contributed by atoms with Crippen molar-refractivity contribution in [1.82, 2.24) is 4.90 Å². The molecule has 1 aliphatic rings. The van der Waals surface area contributed by atoms with Crippen molar-refractivity contribution < 1.29 is 19.4 Å². The predicted molar refractivity (Wildman–Crippen MR) is 105 cm³/mol. The zero-order valence-corrected chi connectivity index (χ0v) is 16.5. The number of aromatic hydroxyl groups is 1. The van der Waals surface area contributed by atoms with Crippen LogP contribution in [0.3, 0.4) is 0 Å². The van der Waals surface area contributed by atoms with E-state index in [9.17, 15) is 20.0 Å². The highest BCUT2D eigenvalue weighted by Crippen LogP contribution is 2.38. The number of nitrogens with zero attached hydrogens (tertiary/aromatic N) is 2. The van der Waals surface area contributed by atoms with Gasteiger partial charge in [-0.3, -0.25) is 14.5 Å². The largest absolute Gasteiger partial charge is 0.504 e. The number of thioether (sulfide) groups is 1. The minimum Gasteiger partial charge on any atom is -0.504 e. The van der Waals surface area contributed by atoms with Crippen LogP contribution in [-0.2, 0) is 11.3 Å². The minimum atomic E-state index is -0.434. The summed E-state index contributed by atoms with van der Waals surface area (Å²) < 4.78 is 5.64. The zero-order valence-electron chi connectivity index (χ0n) is 14.1. The molecule has 0 spiro atoms. The highest BCUT2D eigenvalue weighted by Gasteiger charge is 2.35. The monoisotopic (exact) mass is 444 g/mol. The van der Waals surface area contributed by atoms with Crippen molar-refractivity contribution >= 4 is 44.9 Å². The molecule has 0 aliphatic carbocycles. The van der Waals surface area contributed by atoms with Crippen molar-refractivity contribution in [2.24, 2.45) is 0 Å². The summed E-state index contributed by atoms with van der Waals surface area (Å²) in [6.45, 7) is 0.0335. The topological polar surface area (TPSA) is 90.6 Å². The van der Waals surface area contributed by atoms with Crippen LogP contribution >= 0.6 is 27.7 Å². The summed E-state index contributed by atoms with van der Waals surface area (Å²) in [5.41, 5.74) is 1.62. The molecule has 136 valence electrons. The highest BCUT2D eigenvalue weighted by molar-refractivity contribution is 9.10. The number of carbonyl (C=O) groups is 2. The fraction of sp³-hybridized carbons (Fsp3) is 0.105. The molecule has 6 nitrogen and oxygen atoms in total. The summed E-state index contributed by atoms with van der Waals surface area (Å²) in [4.78, 5) is 26.4. The lowest BCUT2D eigenvalue weighted by molar-refractivity contribution is -0.123. The Balaban J connectivity index is 1.90. The number of halogens is 1. The SMILES string of the molecule is COc1cc(C=C2SC(=O)N(Cc3ccccc3C#N)C2=O)c(Br)cc1O. The predicted octanol–water partition coefficient (Wildman–Crippen LogP) is 4.27. The molecule has 0 bridgehead atoms. The molecule has 1 fully saturated rings. The first-order chi connectivity index (χ1) is 12.9. The normalized spacial score (nSPS) is 15.3. The maximum absolute atomic E-state index is 12.7. The van der Waals surface area contributed by atoms with Gasteiger partial charge in [0.05, 0.1) is 30.2 Å². The van der Waals surface area contributed by atoms with E-state index in [4.69, 9.17) is 4.74 Å². The van der Waals surface area contributed by atoms with E-state index < -0.39 is 11.1 Å². The Bertz CT molecular complexity index is 1010. The van der Waals surface area contributed by atoms with Crippen LogP contribution in [0, 0.1) is 11.3 Å². The summed E-state index contributed by atoms with van der Waals surface area (Å²) in [5.74, 6) is -0.217. The van der Waals surface area contributed by atoms with Gasteiger partial charge in [-0.2, -0.15) is 5.26 Å². The first-order valence-electron chi connectivity index (χ1n) is 7.74. The fourth-order valence-electron chi connectivity index (χ4n) is 2.55. The van der Waals surface area contributed by atoms with Crippen LogP contribution in [0.2, 0.25) is 0 Å². The molecule has 0 unspecified atom stereocenters. The Morgan fingerprint density at radius 3 is 2.78 bits per heavy atom. The quantitative estimate of drug-likeness (QED) is 0.707. The van der Waals surface area contributed by atoms with Gasteiger partial charge in [0, 0.05) is 4.47 Å². The second-order valence-electron chi connectivity index (χ2n) is 5.58. The Hall–Kier alpha value is -2.76. The van der Waals surface area contributed by atoms with Gasteiger partial charge >= 0.3 is 0 Å². The molecule has 1 saturated heterocycles. The lowest BCUT2D eigenvalue weighted by Gasteiger charge is -2.13. The van der Waals surface area contributed by atoms with Gasteiger partial charge in [-0.1, -0.05) is 34.1 Å². The molecule has 27 heavy (non-hydrogen) atoms. The number of amides is 2. The third kappa shape index (κ3) is 3.84. The van der Waals surface area contributed by atoms with Crippen LogP contribution in [0.15, 0.2) is 45.8 Å². The summed E-state index contributed by atoms with van der Waals surface area (Å²) in [5, 5.41) is 18.6. The average molecular weight is 445 g/mol. The van der Waals surface area contributed by atoms with Crippen LogP contribution in [-0.4, -0.2) is 28.3 Å². The molecule has 0 saturated carbocycles. The van der Waals surface area contributed by atoms with Crippen molar-refractivity contribution in [3.05, 3.63) is 62.5 Å². The molecule has 2 amide bonds. The molecule has 0 radical (unpaired) electrons. The van der Waals surface area contributed by atoms with E-state index in [2.05, 4.69) is 22.0 Å². The van der Waals surface area contributed by atoms with Crippen molar-refractivity contribution in [1.29, 1.82) is 5.26 Å². The molecule has 1 heterocycles. The number of phenolic OH excluding ortho intramolecular Hbond substituents is 1. The Kier molecular flexibility index (Phi) is 5.54. The average Bonchev–Trinajstić information content (AvgIpc) is 2.91. The van der Waals surface area contributed by atoms with Gasteiger partial charge in [-0.05, 0) is 47.2 Å². The number of rotatable bonds is 4. The van der Waals surface area contributed by atoms with Gasteiger partial charge in [0.2, 0.25) is 0 Å². The van der Waals surface area contributed by atoms with E-state index in [1.165, 1.54) is 13.2 Å².